The summed E-state index contributed by atoms with van der Waals surface area (Å²) in [5.74, 6) is -1.63. The van der Waals surface area contributed by atoms with Gasteiger partial charge in [0.1, 0.15) is 0 Å². The average molecular weight is 372 g/mol. The topological polar surface area (TPSA) is 57.6 Å². The Kier molecular flexibility index (Phi) is 5.05. The molecule has 0 aliphatic carbocycles. The SMILES string of the molecule is CC(C)(Cc1cccc(Cl)c1)C(=O)N1Cc2ccccc2C(C(=O)O)C1. The van der Waals surface area contributed by atoms with Gasteiger partial charge in [-0.3, -0.25) is 9.59 Å². The largest absolute Gasteiger partial charge is 0.481 e. The Morgan fingerprint density at radius 2 is 1.92 bits per heavy atom. The van der Waals surface area contributed by atoms with Gasteiger partial charge in [-0.1, -0.05) is 61.8 Å². The van der Waals surface area contributed by atoms with E-state index in [1.807, 2.05) is 56.3 Å². The minimum Gasteiger partial charge on any atom is -0.481 e. The number of carboxylic acid groups (broad SMARTS) is 1. The highest BCUT2D eigenvalue weighted by Crippen LogP contribution is 2.33. The van der Waals surface area contributed by atoms with Crippen LogP contribution in [0.2, 0.25) is 5.02 Å². The molecular formula is C21H22ClNO3. The van der Waals surface area contributed by atoms with Gasteiger partial charge in [0.15, 0.2) is 0 Å². The molecule has 0 aromatic heterocycles. The molecule has 1 heterocycles. The zero-order chi connectivity index (χ0) is 18.9. The third-order valence-corrected chi connectivity index (χ3v) is 5.13. The predicted octanol–water partition coefficient (Wildman–Crippen LogP) is 4.12. The Hall–Kier alpha value is -2.33. The molecule has 1 N–H and O–H groups in total. The molecule has 1 atom stereocenters. The molecule has 0 bridgehead atoms. The molecule has 0 spiro atoms. The fraction of sp³-hybridized carbons (Fsp3) is 0.333. The lowest BCUT2D eigenvalue weighted by atomic mass is 9.82. The Bertz CT molecular complexity index is 847. The summed E-state index contributed by atoms with van der Waals surface area (Å²) in [6, 6.07) is 14.9. The number of hydrogen-bond acceptors (Lipinski definition) is 2. The zero-order valence-corrected chi connectivity index (χ0v) is 15.7. The molecule has 2 aromatic rings. The highest BCUT2D eigenvalue weighted by molar-refractivity contribution is 6.30. The van der Waals surface area contributed by atoms with Crippen LogP contribution in [0, 0.1) is 5.41 Å². The van der Waals surface area contributed by atoms with Crippen LogP contribution < -0.4 is 0 Å². The van der Waals surface area contributed by atoms with Gasteiger partial charge >= 0.3 is 5.97 Å². The van der Waals surface area contributed by atoms with Gasteiger partial charge in [-0.25, -0.2) is 0 Å². The van der Waals surface area contributed by atoms with E-state index in [4.69, 9.17) is 11.6 Å². The van der Waals surface area contributed by atoms with Crippen molar-refractivity contribution in [2.45, 2.75) is 32.7 Å². The van der Waals surface area contributed by atoms with Crippen molar-refractivity contribution in [3.05, 3.63) is 70.2 Å². The molecule has 3 rings (SSSR count). The monoisotopic (exact) mass is 371 g/mol. The molecule has 26 heavy (non-hydrogen) atoms. The van der Waals surface area contributed by atoms with Crippen molar-refractivity contribution < 1.29 is 14.7 Å². The number of nitrogens with zero attached hydrogens (tertiary/aromatic N) is 1. The fourth-order valence-electron chi connectivity index (χ4n) is 3.63. The summed E-state index contributed by atoms with van der Waals surface area (Å²) in [5, 5.41) is 10.2. The number of carboxylic acids is 1. The minimum absolute atomic E-state index is 0.0433. The quantitative estimate of drug-likeness (QED) is 0.879. The molecule has 5 heteroatoms. The van der Waals surface area contributed by atoms with Crippen LogP contribution in [0.4, 0.5) is 0 Å². The number of rotatable bonds is 4. The molecule has 1 aliphatic heterocycles. The summed E-state index contributed by atoms with van der Waals surface area (Å²) in [6.07, 6.45) is 0.544. The minimum atomic E-state index is -0.900. The number of amides is 1. The Morgan fingerprint density at radius 3 is 2.62 bits per heavy atom. The maximum absolute atomic E-state index is 13.2. The second-order valence-corrected chi connectivity index (χ2v) is 7.90. The van der Waals surface area contributed by atoms with Gasteiger partial charge in [0, 0.05) is 23.5 Å². The van der Waals surface area contributed by atoms with E-state index >= 15 is 0 Å². The summed E-state index contributed by atoms with van der Waals surface area (Å²) in [5.41, 5.74) is 2.04. The van der Waals surface area contributed by atoms with Crippen LogP contribution in [0.5, 0.6) is 0 Å². The number of benzene rings is 2. The normalized spacial score (nSPS) is 16.9. The highest BCUT2D eigenvalue weighted by atomic mass is 35.5. The van der Waals surface area contributed by atoms with E-state index in [1.54, 1.807) is 11.0 Å². The lowest BCUT2D eigenvalue weighted by Crippen LogP contribution is -2.46. The number of carbonyl (C=O) groups excluding carboxylic acids is 1. The predicted molar refractivity (Wildman–Crippen MR) is 101 cm³/mol. The number of halogens is 1. The first kappa shape index (κ1) is 18.5. The summed E-state index contributed by atoms with van der Waals surface area (Å²) < 4.78 is 0. The van der Waals surface area contributed by atoms with E-state index in [2.05, 4.69) is 0 Å². The van der Waals surface area contributed by atoms with Crippen LogP contribution in [-0.4, -0.2) is 28.4 Å². The lowest BCUT2D eigenvalue weighted by Gasteiger charge is -2.37. The van der Waals surface area contributed by atoms with E-state index in [9.17, 15) is 14.7 Å². The standard InChI is InChI=1S/C21H22ClNO3/c1-21(2,11-14-6-5-8-16(22)10-14)20(26)23-12-15-7-3-4-9-17(15)18(13-23)19(24)25/h3-10,18H,11-13H2,1-2H3,(H,24,25). The van der Waals surface area contributed by atoms with Crippen molar-refractivity contribution in [1.29, 1.82) is 0 Å². The van der Waals surface area contributed by atoms with Crippen LogP contribution in [0.3, 0.4) is 0 Å². The smallest absolute Gasteiger partial charge is 0.312 e. The number of fused-ring (bicyclic) bond motifs is 1. The zero-order valence-electron chi connectivity index (χ0n) is 14.9. The van der Waals surface area contributed by atoms with Crippen LogP contribution >= 0.6 is 11.6 Å². The molecule has 0 saturated carbocycles. The van der Waals surface area contributed by atoms with Gasteiger partial charge < -0.3 is 10.0 Å². The van der Waals surface area contributed by atoms with E-state index in [0.717, 1.165) is 16.7 Å². The third-order valence-electron chi connectivity index (χ3n) is 4.89. The Balaban J connectivity index is 1.84. The van der Waals surface area contributed by atoms with Gasteiger partial charge in [0.2, 0.25) is 5.91 Å². The van der Waals surface area contributed by atoms with Crippen molar-refractivity contribution in [1.82, 2.24) is 4.90 Å². The van der Waals surface area contributed by atoms with Crippen LogP contribution in [0.15, 0.2) is 48.5 Å². The third kappa shape index (κ3) is 3.75. The van der Waals surface area contributed by atoms with Crippen molar-refractivity contribution in [2.24, 2.45) is 5.41 Å². The molecule has 1 amide bonds. The highest BCUT2D eigenvalue weighted by Gasteiger charge is 2.38. The van der Waals surface area contributed by atoms with Gasteiger partial charge in [0.25, 0.3) is 0 Å². The second kappa shape index (κ2) is 7.12. The molecular weight excluding hydrogens is 350 g/mol. The van der Waals surface area contributed by atoms with Gasteiger partial charge in [-0.05, 0) is 35.2 Å². The maximum Gasteiger partial charge on any atom is 0.312 e. The first-order valence-electron chi connectivity index (χ1n) is 8.62. The first-order valence-corrected chi connectivity index (χ1v) is 9.00. The van der Waals surface area contributed by atoms with E-state index < -0.39 is 17.3 Å². The summed E-state index contributed by atoms with van der Waals surface area (Å²) in [6.45, 7) is 4.43. The second-order valence-electron chi connectivity index (χ2n) is 7.47. The van der Waals surface area contributed by atoms with Crippen molar-refractivity contribution >= 4 is 23.5 Å². The van der Waals surface area contributed by atoms with Gasteiger partial charge in [0.05, 0.1) is 5.92 Å². The number of hydrogen-bond donors (Lipinski definition) is 1. The number of carbonyl (C=O) groups is 2. The van der Waals surface area contributed by atoms with E-state index in [1.165, 1.54) is 0 Å². The Morgan fingerprint density at radius 1 is 1.19 bits per heavy atom. The van der Waals surface area contributed by atoms with Crippen molar-refractivity contribution in [3.8, 4) is 0 Å². The Labute approximate surface area is 158 Å². The molecule has 136 valence electrons. The average Bonchev–Trinajstić information content (AvgIpc) is 2.59. The first-order chi connectivity index (χ1) is 12.3. The summed E-state index contributed by atoms with van der Waals surface area (Å²) in [7, 11) is 0. The molecule has 1 aliphatic rings. The van der Waals surface area contributed by atoms with Crippen LogP contribution in [0.25, 0.3) is 0 Å². The molecule has 2 aromatic carbocycles. The van der Waals surface area contributed by atoms with Gasteiger partial charge in [-0.15, -0.1) is 0 Å². The molecule has 0 saturated heterocycles. The maximum atomic E-state index is 13.2. The van der Waals surface area contributed by atoms with E-state index in [-0.39, 0.29) is 12.5 Å². The van der Waals surface area contributed by atoms with Crippen LogP contribution in [-0.2, 0) is 22.6 Å². The van der Waals surface area contributed by atoms with Crippen molar-refractivity contribution in [3.63, 3.8) is 0 Å². The number of aliphatic carboxylic acids is 1. The molecule has 4 nitrogen and oxygen atoms in total. The lowest BCUT2D eigenvalue weighted by molar-refractivity contribution is -0.145. The molecule has 0 fully saturated rings. The van der Waals surface area contributed by atoms with Gasteiger partial charge in [-0.2, -0.15) is 0 Å². The summed E-state index contributed by atoms with van der Waals surface area (Å²) >= 11 is 6.05. The summed E-state index contributed by atoms with van der Waals surface area (Å²) in [4.78, 5) is 26.6. The van der Waals surface area contributed by atoms with E-state index in [0.29, 0.717) is 18.0 Å². The molecule has 1 unspecified atom stereocenters. The van der Waals surface area contributed by atoms with Crippen molar-refractivity contribution in [2.75, 3.05) is 6.54 Å². The fourth-order valence-corrected chi connectivity index (χ4v) is 3.85. The molecule has 0 radical (unpaired) electrons. The van der Waals surface area contributed by atoms with Crippen LogP contribution in [0.1, 0.15) is 36.5 Å².